The summed E-state index contributed by atoms with van der Waals surface area (Å²) in [4.78, 5) is 23.6. The molecule has 1 saturated carbocycles. The molecule has 2 rings (SSSR count). The molecule has 0 heterocycles. The van der Waals surface area contributed by atoms with Crippen LogP contribution in [-0.4, -0.2) is 30.9 Å². The molecular formula is C15H19NO3. The number of hydrogen-bond donors (Lipinski definition) is 1. The van der Waals surface area contributed by atoms with Crippen molar-refractivity contribution in [2.45, 2.75) is 37.8 Å². The Morgan fingerprint density at radius 1 is 1.32 bits per heavy atom. The van der Waals surface area contributed by atoms with Gasteiger partial charge in [-0.25, -0.2) is 0 Å². The monoisotopic (exact) mass is 261 g/mol. The molecule has 102 valence electrons. The van der Waals surface area contributed by atoms with Gasteiger partial charge in [-0.05, 0) is 19.3 Å². The largest absolute Gasteiger partial charge is 0.469 e. The van der Waals surface area contributed by atoms with E-state index in [2.05, 4.69) is 10.1 Å². The maximum absolute atomic E-state index is 12.4. The minimum absolute atomic E-state index is 0.0522. The van der Waals surface area contributed by atoms with Gasteiger partial charge in [0.2, 0.25) is 0 Å². The van der Waals surface area contributed by atoms with Gasteiger partial charge >= 0.3 is 5.97 Å². The molecule has 4 nitrogen and oxygen atoms in total. The number of Topliss-reactive ketones (excluding diaryl/α,β-unsaturated/α-hetero) is 1. The van der Waals surface area contributed by atoms with E-state index in [0.717, 1.165) is 12.8 Å². The Kier molecular flexibility index (Phi) is 4.68. The lowest BCUT2D eigenvalue weighted by molar-refractivity contribution is -0.140. The smallest absolute Gasteiger partial charge is 0.305 e. The third kappa shape index (κ3) is 4.17. The standard InChI is InChI=1S/C15H19NO3/c1-19-14(17)10-9-13(16-12-7-8-12)15(18)11-5-3-2-4-6-11/h2-6,12-13,16H,7-10H2,1H3. The summed E-state index contributed by atoms with van der Waals surface area (Å²) in [6.07, 6.45) is 2.96. The van der Waals surface area contributed by atoms with Crippen LogP contribution in [-0.2, 0) is 9.53 Å². The highest BCUT2D eigenvalue weighted by molar-refractivity contribution is 6.00. The van der Waals surface area contributed by atoms with E-state index in [1.54, 1.807) is 0 Å². The zero-order valence-electron chi connectivity index (χ0n) is 11.1. The molecule has 1 fully saturated rings. The van der Waals surface area contributed by atoms with Gasteiger partial charge in [-0.3, -0.25) is 9.59 Å². The maximum atomic E-state index is 12.4. The number of methoxy groups -OCH3 is 1. The summed E-state index contributed by atoms with van der Waals surface area (Å²) in [6, 6.07) is 9.33. The maximum Gasteiger partial charge on any atom is 0.305 e. The Morgan fingerprint density at radius 2 is 2.00 bits per heavy atom. The van der Waals surface area contributed by atoms with Crippen molar-refractivity contribution < 1.29 is 14.3 Å². The quantitative estimate of drug-likeness (QED) is 0.602. The van der Waals surface area contributed by atoms with Crippen molar-refractivity contribution in [3.05, 3.63) is 35.9 Å². The van der Waals surface area contributed by atoms with Crippen molar-refractivity contribution in [2.75, 3.05) is 7.11 Å². The number of nitrogens with one attached hydrogen (secondary N) is 1. The fraction of sp³-hybridized carbons (Fsp3) is 0.467. The lowest BCUT2D eigenvalue weighted by Gasteiger charge is -2.17. The third-order valence-electron chi connectivity index (χ3n) is 3.25. The normalized spacial score (nSPS) is 15.8. The Balaban J connectivity index is 1.99. The molecule has 1 atom stereocenters. The van der Waals surface area contributed by atoms with Crippen LogP contribution in [0.25, 0.3) is 0 Å². The summed E-state index contributed by atoms with van der Waals surface area (Å²) in [7, 11) is 1.37. The van der Waals surface area contributed by atoms with Crippen molar-refractivity contribution in [3.8, 4) is 0 Å². The van der Waals surface area contributed by atoms with E-state index < -0.39 is 0 Å². The molecule has 1 aliphatic carbocycles. The molecule has 0 spiro atoms. The fourth-order valence-corrected chi connectivity index (χ4v) is 1.99. The summed E-state index contributed by atoms with van der Waals surface area (Å²) in [5.41, 5.74) is 0.686. The first-order chi connectivity index (χ1) is 9.20. The highest BCUT2D eigenvalue weighted by Gasteiger charge is 2.29. The van der Waals surface area contributed by atoms with Crippen LogP contribution >= 0.6 is 0 Å². The SMILES string of the molecule is COC(=O)CCC(NC1CC1)C(=O)c1ccccc1. The van der Waals surface area contributed by atoms with Gasteiger partial charge in [0, 0.05) is 18.0 Å². The number of hydrogen-bond acceptors (Lipinski definition) is 4. The Labute approximate surface area is 113 Å². The molecule has 1 aliphatic rings. The fourth-order valence-electron chi connectivity index (χ4n) is 1.99. The van der Waals surface area contributed by atoms with E-state index in [9.17, 15) is 9.59 Å². The van der Waals surface area contributed by atoms with Crippen LogP contribution in [0, 0.1) is 0 Å². The minimum atomic E-state index is -0.297. The van der Waals surface area contributed by atoms with Crippen molar-refractivity contribution in [1.82, 2.24) is 5.32 Å². The van der Waals surface area contributed by atoms with Crippen LogP contribution in [0.1, 0.15) is 36.0 Å². The highest BCUT2D eigenvalue weighted by atomic mass is 16.5. The summed E-state index contributed by atoms with van der Waals surface area (Å²) >= 11 is 0. The number of esters is 1. The van der Waals surface area contributed by atoms with Crippen LogP contribution in [0.5, 0.6) is 0 Å². The average Bonchev–Trinajstić information content (AvgIpc) is 3.27. The first-order valence-corrected chi connectivity index (χ1v) is 6.63. The lowest BCUT2D eigenvalue weighted by Crippen LogP contribution is -2.38. The predicted octanol–water partition coefficient (Wildman–Crippen LogP) is 1.94. The zero-order chi connectivity index (χ0) is 13.7. The van der Waals surface area contributed by atoms with Crippen molar-refractivity contribution >= 4 is 11.8 Å². The molecule has 0 radical (unpaired) electrons. The van der Waals surface area contributed by atoms with Crippen LogP contribution < -0.4 is 5.32 Å². The van der Waals surface area contributed by atoms with Gasteiger partial charge in [0.05, 0.1) is 13.2 Å². The number of ketones is 1. The Morgan fingerprint density at radius 3 is 2.58 bits per heavy atom. The van der Waals surface area contributed by atoms with Crippen LogP contribution in [0.4, 0.5) is 0 Å². The minimum Gasteiger partial charge on any atom is -0.469 e. The summed E-state index contributed by atoms with van der Waals surface area (Å²) in [5, 5.41) is 3.31. The van der Waals surface area contributed by atoms with Gasteiger partial charge in [0.15, 0.2) is 5.78 Å². The summed E-state index contributed by atoms with van der Waals surface area (Å²) in [6.45, 7) is 0. The third-order valence-corrected chi connectivity index (χ3v) is 3.25. The molecule has 0 aromatic heterocycles. The molecule has 1 aromatic rings. The molecule has 19 heavy (non-hydrogen) atoms. The topological polar surface area (TPSA) is 55.4 Å². The lowest BCUT2D eigenvalue weighted by atomic mass is 10.00. The summed E-state index contributed by atoms with van der Waals surface area (Å²) in [5.74, 6) is -0.222. The van der Waals surface area contributed by atoms with Crippen LogP contribution in [0.15, 0.2) is 30.3 Å². The number of benzene rings is 1. The molecule has 0 aliphatic heterocycles. The predicted molar refractivity (Wildman–Crippen MR) is 72.0 cm³/mol. The Bertz CT molecular complexity index is 440. The zero-order valence-corrected chi connectivity index (χ0v) is 11.1. The van der Waals surface area contributed by atoms with Crippen LogP contribution in [0.3, 0.4) is 0 Å². The second-order valence-corrected chi connectivity index (χ2v) is 4.84. The molecule has 0 amide bonds. The van der Waals surface area contributed by atoms with Gasteiger partial charge in [-0.1, -0.05) is 30.3 Å². The molecule has 0 bridgehead atoms. The van der Waals surface area contributed by atoms with E-state index >= 15 is 0 Å². The molecular weight excluding hydrogens is 242 g/mol. The van der Waals surface area contributed by atoms with E-state index in [1.165, 1.54) is 7.11 Å². The van der Waals surface area contributed by atoms with Crippen molar-refractivity contribution in [2.24, 2.45) is 0 Å². The molecule has 0 saturated heterocycles. The van der Waals surface area contributed by atoms with E-state index in [1.807, 2.05) is 30.3 Å². The van der Waals surface area contributed by atoms with E-state index in [4.69, 9.17) is 0 Å². The average molecular weight is 261 g/mol. The van der Waals surface area contributed by atoms with Gasteiger partial charge in [0.1, 0.15) is 0 Å². The molecule has 1 N–H and O–H groups in total. The number of ether oxygens (including phenoxy) is 1. The van der Waals surface area contributed by atoms with E-state index in [-0.39, 0.29) is 24.2 Å². The van der Waals surface area contributed by atoms with Crippen LogP contribution in [0.2, 0.25) is 0 Å². The number of carbonyl (C=O) groups excluding carboxylic acids is 2. The first kappa shape index (κ1) is 13.7. The van der Waals surface area contributed by atoms with Crippen molar-refractivity contribution in [3.63, 3.8) is 0 Å². The Hall–Kier alpha value is -1.68. The first-order valence-electron chi connectivity index (χ1n) is 6.63. The second-order valence-electron chi connectivity index (χ2n) is 4.84. The molecule has 1 unspecified atom stereocenters. The van der Waals surface area contributed by atoms with Crippen molar-refractivity contribution in [1.29, 1.82) is 0 Å². The van der Waals surface area contributed by atoms with Gasteiger partial charge in [0.25, 0.3) is 0 Å². The van der Waals surface area contributed by atoms with Gasteiger partial charge in [-0.2, -0.15) is 0 Å². The molecule has 1 aromatic carbocycles. The van der Waals surface area contributed by atoms with Gasteiger partial charge < -0.3 is 10.1 Å². The number of carbonyl (C=O) groups is 2. The van der Waals surface area contributed by atoms with Gasteiger partial charge in [-0.15, -0.1) is 0 Å². The molecule has 4 heteroatoms. The highest BCUT2D eigenvalue weighted by Crippen LogP contribution is 2.21. The van der Waals surface area contributed by atoms with E-state index in [0.29, 0.717) is 18.0 Å². The second kappa shape index (κ2) is 6.48. The summed E-state index contributed by atoms with van der Waals surface area (Å²) < 4.78 is 4.63. The number of rotatable bonds is 7.